The molecule has 0 unspecified atom stereocenters. The van der Waals surface area contributed by atoms with Gasteiger partial charge in [0, 0.05) is 12.1 Å². The quantitative estimate of drug-likeness (QED) is 0.676. The van der Waals surface area contributed by atoms with Gasteiger partial charge in [-0.25, -0.2) is 4.39 Å². The van der Waals surface area contributed by atoms with E-state index in [1.54, 1.807) is 13.0 Å². The molecule has 6 nitrogen and oxygen atoms in total. The third-order valence-corrected chi connectivity index (χ3v) is 3.19. The third-order valence-electron chi connectivity index (χ3n) is 3.19. The van der Waals surface area contributed by atoms with E-state index in [1.165, 1.54) is 43.3 Å². The van der Waals surface area contributed by atoms with Crippen LogP contribution in [0.25, 0.3) is 0 Å². The lowest BCUT2D eigenvalue weighted by atomic mass is 10.1. The number of benzene rings is 2. The molecule has 2 aromatic rings. The minimum absolute atomic E-state index is 0.113. The number of carbonyl (C=O) groups is 1. The Morgan fingerprint density at radius 1 is 1.26 bits per heavy atom. The zero-order chi connectivity index (χ0) is 17.0. The number of nitrogens with one attached hydrogen (secondary N) is 1. The summed E-state index contributed by atoms with van der Waals surface area (Å²) in [5.41, 5.74) is 0.926. The zero-order valence-corrected chi connectivity index (χ0v) is 12.6. The highest BCUT2D eigenvalue weighted by molar-refractivity contribution is 5.95. The van der Waals surface area contributed by atoms with Gasteiger partial charge in [0.25, 0.3) is 11.6 Å². The average Bonchev–Trinajstić information content (AvgIpc) is 2.51. The first kappa shape index (κ1) is 16.4. The lowest BCUT2D eigenvalue weighted by molar-refractivity contribution is -0.384. The van der Waals surface area contributed by atoms with E-state index in [-0.39, 0.29) is 5.69 Å². The van der Waals surface area contributed by atoms with Gasteiger partial charge in [0.1, 0.15) is 11.6 Å². The Labute approximate surface area is 132 Å². The van der Waals surface area contributed by atoms with Crippen molar-refractivity contribution in [3.8, 4) is 5.75 Å². The molecule has 120 valence electrons. The number of nitro benzene ring substituents is 1. The first-order chi connectivity index (χ1) is 10.9. The van der Waals surface area contributed by atoms with Crippen molar-refractivity contribution in [1.82, 2.24) is 0 Å². The molecule has 0 heterocycles. The van der Waals surface area contributed by atoms with Gasteiger partial charge in [-0.1, -0.05) is 6.07 Å². The number of hydrogen-bond acceptors (Lipinski definition) is 4. The predicted octanol–water partition coefficient (Wildman–Crippen LogP) is 3.45. The van der Waals surface area contributed by atoms with Crippen LogP contribution < -0.4 is 10.1 Å². The van der Waals surface area contributed by atoms with Crippen LogP contribution in [0, 0.1) is 22.9 Å². The van der Waals surface area contributed by atoms with Crippen LogP contribution in [0.5, 0.6) is 5.75 Å². The van der Waals surface area contributed by atoms with E-state index in [2.05, 4.69) is 5.32 Å². The number of non-ortho nitro benzene ring substituents is 1. The van der Waals surface area contributed by atoms with E-state index in [4.69, 9.17) is 4.74 Å². The fraction of sp³-hybridized carbons (Fsp3) is 0.188. The molecule has 0 aromatic heterocycles. The number of nitrogens with zero attached hydrogens (tertiary/aromatic N) is 1. The number of aryl methyl sites for hydroxylation is 1. The summed E-state index contributed by atoms with van der Waals surface area (Å²) in [7, 11) is 0. The molecular formula is C16H15FN2O4. The molecule has 2 rings (SSSR count). The number of rotatable bonds is 5. The fourth-order valence-corrected chi connectivity index (χ4v) is 1.86. The molecule has 1 N–H and O–H groups in total. The van der Waals surface area contributed by atoms with Crippen molar-refractivity contribution in [2.75, 3.05) is 5.32 Å². The van der Waals surface area contributed by atoms with E-state index in [0.717, 1.165) is 0 Å². The van der Waals surface area contributed by atoms with Crippen LogP contribution in [0.4, 0.5) is 15.8 Å². The largest absolute Gasteiger partial charge is 0.481 e. The summed E-state index contributed by atoms with van der Waals surface area (Å²) in [5, 5.41) is 13.4. The standard InChI is InChI=1S/C16H15FN2O4/c1-10-3-6-13(19(21)22)9-15(10)18-16(20)11(2)23-14-7-4-12(17)5-8-14/h3-9,11H,1-2H3,(H,18,20)/t11-/m1/s1. The maximum Gasteiger partial charge on any atom is 0.271 e. The van der Waals surface area contributed by atoms with E-state index < -0.39 is 22.8 Å². The number of halogens is 1. The predicted molar refractivity (Wildman–Crippen MR) is 83.0 cm³/mol. The van der Waals surface area contributed by atoms with Crippen molar-refractivity contribution in [3.63, 3.8) is 0 Å². The highest BCUT2D eigenvalue weighted by Gasteiger charge is 2.17. The molecule has 0 aliphatic heterocycles. The van der Waals surface area contributed by atoms with Crippen molar-refractivity contribution in [2.45, 2.75) is 20.0 Å². The van der Waals surface area contributed by atoms with Crippen LogP contribution in [0.2, 0.25) is 0 Å². The number of amides is 1. The van der Waals surface area contributed by atoms with Gasteiger partial charge in [-0.3, -0.25) is 14.9 Å². The second-order valence-corrected chi connectivity index (χ2v) is 4.96. The first-order valence-corrected chi connectivity index (χ1v) is 6.85. The summed E-state index contributed by atoms with van der Waals surface area (Å²) in [6.07, 6.45) is -0.848. The van der Waals surface area contributed by atoms with Gasteiger partial charge in [-0.05, 0) is 43.7 Å². The van der Waals surface area contributed by atoms with Crippen LogP contribution in [0.3, 0.4) is 0 Å². The third kappa shape index (κ3) is 4.26. The van der Waals surface area contributed by atoms with E-state index in [9.17, 15) is 19.3 Å². The van der Waals surface area contributed by atoms with Gasteiger partial charge < -0.3 is 10.1 Å². The molecule has 23 heavy (non-hydrogen) atoms. The molecule has 2 aromatic carbocycles. The normalized spacial score (nSPS) is 11.6. The molecule has 0 aliphatic rings. The van der Waals surface area contributed by atoms with Crippen LogP contribution >= 0.6 is 0 Å². The second kappa shape index (κ2) is 6.87. The van der Waals surface area contributed by atoms with Crippen molar-refractivity contribution >= 4 is 17.3 Å². The summed E-state index contributed by atoms with van der Waals surface area (Å²) in [6, 6.07) is 9.49. The van der Waals surface area contributed by atoms with Crippen molar-refractivity contribution in [3.05, 3.63) is 64.0 Å². The van der Waals surface area contributed by atoms with Crippen LogP contribution in [0.15, 0.2) is 42.5 Å². The van der Waals surface area contributed by atoms with Gasteiger partial charge in [-0.2, -0.15) is 0 Å². The monoisotopic (exact) mass is 318 g/mol. The van der Waals surface area contributed by atoms with Crippen LogP contribution in [-0.2, 0) is 4.79 Å². The van der Waals surface area contributed by atoms with Crippen molar-refractivity contribution in [2.24, 2.45) is 0 Å². The molecule has 0 bridgehead atoms. The summed E-state index contributed by atoms with van der Waals surface area (Å²) in [5.74, 6) is -0.510. The number of ether oxygens (including phenoxy) is 1. The van der Waals surface area contributed by atoms with Crippen molar-refractivity contribution in [1.29, 1.82) is 0 Å². The van der Waals surface area contributed by atoms with Crippen LogP contribution in [-0.4, -0.2) is 16.9 Å². The molecule has 1 amide bonds. The lowest BCUT2D eigenvalue weighted by Crippen LogP contribution is -2.30. The SMILES string of the molecule is Cc1ccc([N+](=O)[O-])cc1NC(=O)[C@@H](C)Oc1ccc(F)cc1. The molecule has 0 saturated heterocycles. The number of nitro groups is 1. The topological polar surface area (TPSA) is 81.5 Å². The van der Waals surface area contributed by atoms with E-state index in [1.807, 2.05) is 0 Å². The Morgan fingerprint density at radius 2 is 1.91 bits per heavy atom. The van der Waals surface area contributed by atoms with Gasteiger partial charge in [0.05, 0.1) is 10.6 Å². The maximum atomic E-state index is 12.8. The summed E-state index contributed by atoms with van der Waals surface area (Å²) >= 11 is 0. The Hall–Kier alpha value is -2.96. The summed E-state index contributed by atoms with van der Waals surface area (Å²) in [6.45, 7) is 3.26. The molecule has 7 heteroatoms. The molecule has 0 fully saturated rings. The maximum absolute atomic E-state index is 12.8. The Kier molecular flexibility index (Phi) is 4.90. The number of anilines is 1. The van der Waals surface area contributed by atoms with E-state index in [0.29, 0.717) is 17.0 Å². The Balaban J connectivity index is 2.07. The van der Waals surface area contributed by atoms with Gasteiger partial charge in [-0.15, -0.1) is 0 Å². The van der Waals surface area contributed by atoms with Gasteiger partial charge in [0.2, 0.25) is 0 Å². The minimum atomic E-state index is -0.848. The zero-order valence-electron chi connectivity index (χ0n) is 12.6. The summed E-state index contributed by atoms with van der Waals surface area (Å²) in [4.78, 5) is 22.4. The molecule has 1 atom stereocenters. The van der Waals surface area contributed by atoms with Gasteiger partial charge >= 0.3 is 0 Å². The fourth-order valence-electron chi connectivity index (χ4n) is 1.86. The van der Waals surface area contributed by atoms with Crippen LogP contribution in [0.1, 0.15) is 12.5 Å². The minimum Gasteiger partial charge on any atom is -0.481 e. The molecule has 0 saturated carbocycles. The average molecular weight is 318 g/mol. The Bertz CT molecular complexity index is 731. The number of hydrogen-bond donors (Lipinski definition) is 1. The second-order valence-electron chi connectivity index (χ2n) is 4.96. The smallest absolute Gasteiger partial charge is 0.271 e. The Morgan fingerprint density at radius 3 is 2.52 bits per heavy atom. The van der Waals surface area contributed by atoms with E-state index >= 15 is 0 Å². The molecule has 0 spiro atoms. The highest BCUT2D eigenvalue weighted by atomic mass is 19.1. The summed E-state index contributed by atoms with van der Waals surface area (Å²) < 4.78 is 18.2. The molecule has 0 radical (unpaired) electrons. The van der Waals surface area contributed by atoms with Crippen molar-refractivity contribution < 1.29 is 18.8 Å². The number of carbonyl (C=O) groups excluding carboxylic acids is 1. The first-order valence-electron chi connectivity index (χ1n) is 6.85. The molecular weight excluding hydrogens is 303 g/mol. The molecule has 0 aliphatic carbocycles. The van der Waals surface area contributed by atoms with Gasteiger partial charge in [0.15, 0.2) is 6.10 Å². The lowest BCUT2D eigenvalue weighted by Gasteiger charge is -2.15. The highest BCUT2D eigenvalue weighted by Crippen LogP contribution is 2.22.